The molecule has 156 valence electrons. The van der Waals surface area contributed by atoms with E-state index < -0.39 is 5.91 Å². The monoisotopic (exact) mass is 468 g/mol. The lowest BCUT2D eigenvalue weighted by Crippen LogP contribution is -2.17. The number of hydrogen-bond donors (Lipinski definition) is 2. The van der Waals surface area contributed by atoms with E-state index >= 15 is 0 Å². The van der Waals surface area contributed by atoms with Crippen LogP contribution in [-0.2, 0) is 10.5 Å². The van der Waals surface area contributed by atoms with Gasteiger partial charge in [-0.15, -0.1) is 10.2 Å². The van der Waals surface area contributed by atoms with Crippen molar-refractivity contribution in [2.75, 3.05) is 5.32 Å². The summed E-state index contributed by atoms with van der Waals surface area (Å²) in [6.07, 6.45) is 1.61. The Hall–Kier alpha value is -2.95. The molecule has 0 saturated carbocycles. The molecule has 2 heterocycles. The summed E-state index contributed by atoms with van der Waals surface area (Å²) < 4.78 is 0.778. The van der Waals surface area contributed by atoms with Gasteiger partial charge in [0.2, 0.25) is 5.13 Å². The molecule has 31 heavy (non-hydrogen) atoms. The van der Waals surface area contributed by atoms with Crippen LogP contribution in [0.3, 0.4) is 0 Å². The second-order valence-corrected chi connectivity index (χ2v) is 9.79. The van der Waals surface area contributed by atoms with Crippen molar-refractivity contribution in [1.29, 1.82) is 0 Å². The maximum atomic E-state index is 12.5. The minimum Gasteiger partial charge on any atom is -0.296 e. The Balaban J connectivity index is 1.34. The smallest absolute Gasteiger partial charge is 0.290 e. The van der Waals surface area contributed by atoms with Gasteiger partial charge in [0.25, 0.3) is 17.1 Å². The Bertz CT molecular complexity index is 1170. The van der Waals surface area contributed by atoms with Gasteiger partial charge in [-0.05, 0) is 48.0 Å². The molecule has 0 spiro atoms. The van der Waals surface area contributed by atoms with Crippen molar-refractivity contribution in [1.82, 2.24) is 15.5 Å². The number of amides is 3. The highest BCUT2D eigenvalue weighted by Gasteiger charge is 2.24. The lowest BCUT2D eigenvalue weighted by atomic mass is 10.1. The van der Waals surface area contributed by atoms with E-state index in [4.69, 9.17) is 0 Å². The highest BCUT2D eigenvalue weighted by Crippen LogP contribution is 2.29. The molecule has 1 aliphatic rings. The van der Waals surface area contributed by atoms with Gasteiger partial charge in [0.05, 0.1) is 4.91 Å². The molecular formula is C21H16N4O3S3. The molecule has 0 unspecified atom stereocenters. The summed E-state index contributed by atoms with van der Waals surface area (Å²) in [6, 6.07) is 15.0. The van der Waals surface area contributed by atoms with Gasteiger partial charge >= 0.3 is 0 Å². The molecule has 0 bridgehead atoms. The summed E-state index contributed by atoms with van der Waals surface area (Å²) in [4.78, 5) is 35.6. The SMILES string of the molecule is Cc1ccc(CSc2nnc(NC(=O)c3ccc(/C=C4/SC(=O)NC4=O)cc3)s2)cc1. The number of thioether (sulfide) groups is 2. The molecule has 2 aromatic carbocycles. The number of nitrogens with one attached hydrogen (secondary N) is 2. The molecule has 0 radical (unpaired) electrons. The highest BCUT2D eigenvalue weighted by atomic mass is 32.2. The first-order chi connectivity index (χ1) is 15.0. The molecule has 3 aromatic rings. The van der Waals surface area contributed by atoms with Crippen LogP contribution < -0.4 is 10.6 Å². The number of imide groups is 1. The number of nitrogens with zero attached hydrogens (tertiary/aromatic N) is 2. The van der Waals surface area contributed by atoms with E-state index in [9.17, 15) is 14.4 Å². The molecule has 2 N–H and O–H groups in total. The zero-order chi connectivity index (χ0) is 21.8. The van der Waals surface area contributed by atoms with Gasteiger partial charge in [-0.25, -0.2) is 0 Å². The average Bonchev–Trinajstić information content (AvgIpc) is 3.33. The summed E-state index contributed by atoms with van der Waals surface area (Å²) in [6.45, 7) is 2.05. The molecule has 4 rings (SSSR count). The maximum absolute atomic E-state index is 12.5. The van der Waals surface area contributed by atoms with Gasteiger partial charge in [-0.2, -0.15) is 0 Å². The van der Waals surface area contributed by atoms with Gasteiger partial charge in [-0.1, -0.05) is 65.1 Å². The summed E-state index contributed by atoms with van der Waals surface area (Å²) in [5.41, 5.74) is 3.59. The Morgan fingerprint density at radius 1 is 1.10 bits per heavy atom. The molecular weight excluding hydrogens is 452 g/mol. The molecule has 10 heteroatoms. The number of anilines is 1. The molecule has 1 saturated heterocycles. The van der Waals surface area contributed by atoms with E-state index in [-0.39, 0.29) is 11.1 Å². The molecule has 1 aromatic heterocycles. The van der Waals surface area contributed by atoms with Crippen molar-refractivity contribution >= 4 is 63.1 Å². The van der Waals surface area contributed by atoms with E-state index in [2.05, 4.69) is 52.0 Å². The van der Waals surface area contributed by atoms with Gasteiger partial charge in [0.15, 0.2) is 4.34 Å². The van der Waals surface area contributed by atoms with Crippen molar-refractivity contribution in [2.24, 2.45) is 0 Å². The minimum absolute atomic E-state index is 0.298. The lowest BCUT2D eigenvalue weighted by molar-refractivity contribution is -0.115. The average molecular weight is 469 g/mol. The van der Waals surface area contributed by atoms with Crippen LogP contribution in [0, 0.1) is 6.92 Å². The summed E-state index contributed by atoms with van der Waals surface area (Å²) in [5.74, 6) is 0.0691. The standard InChI is InChI=1S/C21H16N4O3S3/c1-12-2-4-14(5-3-12)11-29-21-25-24-19(31-21)22-17(26)15-8-6-13(7-9-15)10-16-18(27)23-20(28)30-16/h2-10H,11H2,1H3,(H,22,24,26)(H,23,27,28)/b16-10+. The normalized spacial score (nSPS) is 14.7. The van der Waals surface area contributed by atoms with E-state index in [1.807, 2.05) is 0 Å². The second kappa shape index (κ2) is 9.46. The van der Waals surface area contributed by atoms with Crippen molar-refractivity contribution in [3.63, 3.8) is 0 Å². The molecule has 0 aliphatic carbocycles. The van der Waals surface area contributed by atoms with Gasteiger partial charge in [0, 0.05) is 11.3 Å². The largest absolute Gasteiger partial charge is 0.296 e. The van der Waals surface area contributed by atoms with Crippen LogP contribution in [0.15, 0.2) is 57.8 Å². The van der Waals surface area contributed by atoms with Gasteiger partial charge in [-0.3, -0.25) is 25.0 Å². The summed E-state index contributed by atoms with van der Waals surface area (Å²) >= 11 is 3.74. The molecule has 0 atom stereocenters. The molecule has 1 aliphatic heterocycles. The fraction of sp³-hybridized carbons (Fsp3) is 0.0952. The zero-order valence-electron chi connectivity index (χ0n) is 16.2. The van der Waals surface area contributed by atoms with Crippen molar-refractivity contribution < 1.29 is 14.4 Å². The van der Waals surface area contributed by atoms with E-state index in [0.717, 1.165) is 27.4 Å². The predicted octanol–water partition coefficient (Wildman–Crippen LogP) is 4.72. The van der Waals surface area contributed by atoms with Gasteiger partial charge < -0.3 is 0 Å². The third-order valence-corrected chi connectivity index (χ3v) is 7.08. The van der Waals surface area contributed by atoms with E-state index in [1.54, 1.807) is 42.1 Å². The number of rotatable bonds is 6. The zero-order valence-corrected chi connectivity index (χ0v) is 18.7. The predicted molar refractivity (Wildman–Crippen MR) is 124 cm³/mol. The van der Waals surface area contributed by atoms with E-state index in [0.29, 0.717) is 15.6 Å². The van der Waals surface area contributed by atoms with Crippen LogP contribution in [0.4, 0.5) is 9.93 Å². The molecule has 7 nitrogen and oxygen atoms in total. The minimum atomic E-state index is -0.413. The number of carbonyl (C=O) groups excluding carboxylic acids is 3. The summed E-state index contributed by atoms with van der Waals surface area (Å²) in [5, 5.41) is 13.2. The molecule has 3 amide bonds. The second-order valence-electron chi connectivity index (χ2n) is 6.58. The topological polar surface area (TPSA) is 101 Å². The Labute approximate surface area is 190 Å². The fourth-order valence-electron chi connectivity index (χ4n) is 2.62. The van der Waals surface area contributed by atoms with Gasteiger partial charge in [0.1, 0.15) is 0 Å². The quantitative estimate of drug-likeness (QED) is 0.307. The van der Waals surface area contributed by atoms with Crippen LogP contribution in [0.1, 0.15) is 27.0 Å². The fourth-order valence-corrected chi connectivity index (χ4v) is 5.01. The van der Waals surface area contributed by atoms with Crippen LogP contribution in [0.25, 0.3) is 6.08 Å². The number of hydrogen-bond acceptors (Lipinski definition) is 8. The number of benzene rings is 2. The Morgan fingerprint density at radius 3 is 2.52 bits per heavy atom. The highest BCUT2D eigenvalue weighted by molar-refractivity contribution is 8.18. The lowest BCUT2D eigenvalue weighted by Gasteiger charge is -2.02. The third kappa shape index (κ3) is 5.60. The summed E-state index contributed by atoms with van der Waals surface area (Å²) in [7, 11) is 0. The van der Waals surface area contributed by atoms with Crippen LogP contribution >= 0.6 is 34.9 Å². The Morgan fingerprint density at radius 2 is 1.84 bits per heavy atom. The number of carbonyl (C=O) groups is 3. The van der Waals surface area contributed by atoms with Crippen molar-refractivity contribution in [3.05, 3.63) is 75.7 Å². The van der Waals surface area contributed by atoms with Crippen molar-refractivity contribution in [3.8, 4) is 0 Å². The third-order valence-electron chi connectivity index (χ3n) is 4.22. The first-order valence-electron chi connectivity index (χ1n) is 9.14. The number of aryl methyl sites for hydroxylation is 1. The Kier molecular flexibility index (Phi) is 6.50. The van der Waals surface area contributed by atoms with Crippen LogP contribution in [0.2, 0.25) is 0 Å². The van der Waals surface area contributed by atoms with E-state index in [1.165, 1.54) is 22.5 Å². The molecule has 1 fully saturated rings. The number of aromatic nitrogens is 2. The first-order valence-corrected chi connectivity index (χ1v) is 11.8. The maximum Gasteiger partial charge on any atom is 0.290 e. The van der Waals surface area contributed by atoms with Crippen molar-refractivity contribution in [2.45, 2.75) is 17.0 Å². The van der Waals surface area contributed by atoms with Crippen LogP contribution in [-0.4, -0.2) is 27.3 Å². The first kappa shape index (κ1) is 21.3. The van der Waals surface area contributed by atoms with Crippen LogP contribution in [0.5, 0.6) is 0 Å².